The van der Waals surface area contributed by atoms with E-state index in [1.807, 2.05) is 6.07 Å². The molecule has 4 aliphatic rings. The molecular formula is C27H39BO7. The zero-order chi connectivity index (χ0) is 26.0. The van der Waals surface area contributed by atoms with Crippen LogP contribution in [0.1, 0.15) is 91.1 Å². The molecule has 8 heteroatoms. The molecule has 2 bridgehead atoms. The van der Waals surface area contributed by atoms with Crippen molar-refractivity contribution >= 4 is 19.2 Å². The van der Waals surface area contributed by atoms with Crippen molar-refractivity contribution in [3.05, 3.63) is 29.3 Å². The van der Waals surface area contributed by atoms with Crippen LogP contribution in [0.2, 0.25) is 0 Å². The van der Waals surface area contributed by atoms with Crippen molar-refractivity contribution in [3.63, 3.8) is 0 Å². The number of esters is 1. The highest BCUT2D eigenvalue weighted by molar-refractivity contribution is 6.45. The molecule has 4 fully saturated rings. The first-order valence-corrected chi connectivity index (χ1v) is 12.6. The Morgan fingerprint density at radius 2 is 1.69 bits per heavy atom. The summed E-state index contributed by atoms with van der Waals surface area (Å²) >= 11 is 0. The smallest absolute Gasteiger partial charge is 0.456 e. The van der Waals surface area contributed by atoms with Gasteiger partial charge in [-0.25, -0.2) is 9.59 Å². The molecule has 1 aromatic carbocycles. The summed E-state index contributed by atoms with van der Waals surface area (Å²) in [5.74, 6) is 0.631. The van der Waals surface area contributed by atoms with Gasteiger partial charge in [-0.15, -0.1) is 0 Å². The van der Waals surface area contributed by atoms with Gasteiger partial charge >= 0.3 is 19.2 Å². The van der Waals surface area contributed by atoms with Gasteiger partial charge in [0.25, 0.3) is 0 Å². The fourth-order valence-corrected chi connectivity index (χ4v) is 5.93. The number of benzene rings is 1. The number of hydrogen-bond acceptors (Lipinski definition) is 7. The summed E-state index contributed by atoms with van der Waals surface area (Å²) in [5.41, 5.74) is -0.769. The minimum atomic E-state index is -0.883. The average Bonchev–Trinajstić information content (AvgIpc) is 3.01. The van der Waals surface area contributed by atoms with Gasteiger partial charge in [0.05, 0.1) is 11.7 Å². The third-order valence-corrected chi connectivity index (χ3v) is 7.68. The fourth-order valence-electron chi connectivity index (χ4n) is 5.93. The van der Waals surface area contributed by atoms with Crippen LogP contribution in [-0.2, 0) is 25.1 Å². The highest BCUT2D eigenvalue weighted by Crippen LogP contribution is 2.65. The van der Waals surface area contributed by atoms with Gasteiger partial charge in [0.2, 0.25) is 0 Å². The molecular weight excluding hydrogens is 447 g/mol. The Balaban J connectivity index is 1.60. The highest BCUT2D eigenvalue weighted by atomic mass is 16.7. The predicted molar refractivity (Wildman–Crippen MR) is 132 cm³/mol. The summed E-state index contributed by atoms with van der Waals surface area (Å²) in [6.07, 6.45) is 1.63. The molecule has 0 N–H and O–H groups in total. The van der Waals surface area contributed by atoms with Crippen LogP contribution >= 0.6 is 0 Å². The zero-order valence-electron chi connectivity index (χ0n) is 22.5. The Kier molecular flexibility index (Phi) is 6.33. The van der Waals surface area contributed by atoms with E-state index in [4.69, 9.17) is 23.5 Å². The van der Waals surface area contributed by atoms with Crippen LogP contribution in [0, 0.1) is 17.3 Å². The van der Waals surface area contributed by atoms with E-state index < -0.39 is 30.4 Å². The molecule has 7 nitrogen and oxygen atoms in total. The summed E-state index contributed by atoms with van der Waals surface area (Å²) in [5, 5.41) is 0. The molecule has 0 amide bonds. The van der Waals surface area contributed by atoms with Crippen LogP contribution in [0.4, 0.5) is 4.79 Å². The molecule has 5 rings (SSSR count). The van der Waals surface area contributed by atoms with Crippen molar-refractivity contribution in [2.45, 2.75) is 104 Å². The van der Waals surface area contributed by atoms with Crippen molar-refractivity contribution in [3.8, 4) is 5.75 Å². The van der Waals surface area contributed by atoms with Gasteiger partial charge < -0.3 is 23.5 Å². The monoisotopic (exact) mass is 486 g/mol. The van der Waals surface area contributed by atoms with Crippen LogP contribution in [-0.4, -0.2) is 42.2 Å². The molecule has 1 heterocycles. The van der Waals surface area contributed by atoms with E-state index in [1.54, 1.807) is 53.7 Å². The number of ether oxygens (including phenoxy) is 3. The molecule has 0 spiro atoms. The minimum Gasteiger partial charge on any atom is -0.456 e. The summed E-state index contributed by atoms with van der Waals surface area (Å²) in [4.78, 5) is 25.6. The molecule has 0 radical (unpaired) electrons. The molecule has 1 saturated heterocycles. The molecule has 1 aliphatic heterocycles. The zero-order valence-corrected chi connectivity index (χ0v) is 22.5. The fraction of sp³-hybridized carbons (Fsp3) is 0.704. The van der Waals surface area contributed by atoms with Gasteiger partial charge in [-0.05, 0) is 90.2 Å². The maximum absolute atomic E-state index is 13.0. The Bertz CT molecular complexity index is 1010. The first-order valence-electron chi connectivity index (χ1n) is 12.6. The van der Waals surface area contributed by atoms with Gasteiger partial charge in [0.1, 0.15) is 16.8 Å². The maximum Gasteiger partial charge on any atom is 0.514 e. The van der Waals surface area contributed by atoms with Crippen LogP contribution in [0.25, 0.3) is 0 Å². The second-order valence-corrected chi connectivity index (χ2v) is 13.0. The van der Waals surface area contributed by atoms with E-state index in [-0.39, 0.29) is 28.4 Å². The van der Waals surface area contributed by atoms with E-state index in [9.17, 15) is 9.59 Å². The second kappa shape index (κ2) is 8.51. The highest BCUT2D eigenvalue weighted by Gasteiger charge is 2.67. The molecule has 0 aromatic heterocycles. The first-order chi connectivity index (χ1) is 16.0. The van der Waals surface area contributed by atoms with E-state index >= 15 is 0 Å². The van der Waals surface area contributed by atoms with Crippen molar-refractivity contribution in [1.29, 1.82) is 0 Å². The van der Waals surface area contributed by atoms with E-state index in [0.717, 1.165) is 12.8 Å². The summed E-state index contributed by atoms with van der Waals surface area (Å²) in [6, 6.07) is 5.15. The van der Waals surface area contributed by atoms with Crippen molar-refractivity contribution in [2.24, 2.45) is 17.3 Å². The number of hydrogen-bond donors (Lipinski definition) is 0. The molecule has 192 valence electrons. The largest absolute Gasteiger partial charge is 0.514 e. The quantitative estimate of drug-likeness (QED) is 0.304. The Morgan fingerprint density at radius 3 is 2.29 bits per heavy atom. The van der Waals surface area contributed by atoms with Crippen LogP contribution in [0.3, 0.4) is 0 Å². The van der Waals surface area contributed by atoms with E-state index in [1.165, 1.54) is 0 Å². The Hall–Kier alpha value is -2.06. The normalized spacial score (nSPS) is 29.2. The van der Waals surface area contributed by atoms with E-state index in [2.05, 4.69) is 20.8 Å². The molecule has 1 aromatic rings. The van der Waals surface area contributed by atoms with E-state index in [0.29, 0.717) is 23.7 Å². The number of carbonyl (C=O) groups is 2. The van der Waals surface area contributed by atoms with Crippen LogP contribution in [0.15, 0.2) is 18.2 Å². The second-order valence-electron chi connectivity index (χ2n) is 13.0. The van der Waals surface area contributed by atoms with Gasteiger partial charge in [-0.1, -0.05) is 26.0 Å². The lowest BCUT2D eigenvalue weighted by Crippen LogP contribution is -2.65. The lowest BCUT2D eigenvalue weighted by molar-refractivity contribution is -0.199. The SMILES string of the molecule is CC(C)(C)OC(=O)Oc1c(CB2OC3CC4CC(C4(C)C)C3(C)O2)cccc1C(=O)OC(C)(C)C. The van der Waals surface area contributed by atoms with Gasteiger partial charge in [-0.2, -0.15) is 0 Å². The number of carbonyl (C=O) groups excluding carboxylic acids is 2. The summed E-state index contributed by atoms with van der Waals surface area (Å²) in [7, 11) is -0.505. The first kappa shape index (κ1) is 26.0. The van der Waals surface area contributed by atoms with Gasteiger partial charge in [-0.3, -0.25) is 0 Å². The number of para-hydroxylation sites is 1. The van der Waals surface area contributed by atoms with Crippen molar-refractivity contribution in [2.75, 3.05) is 0 Å². The van der Waals surface area contributed by atoms with Crippen molar-refractivity contribution in [1.82, 2.24) is 0 Å². The van der Waals surface area contributed by atoms with Gasteiger partial charge in [0.15, 0.2) is 5.75 Å². The third kappa shape index (κ3) is 5.10. The standard InChI is InChI=1S/C27H39BO7/c1-24(2,3)32-22(29)18-12-10-11-16(21(18)31-23(30)33-25(4,5)6)15-28-34-20-14-17-13-19(26(17,7)8)27(20,9)35-28/h10-12,17,19-20H,13-15H2,1-9H3. The average molecular weight is 486 g/mol. The molecule has 4 unspecified atom stereocenters. The molecule has 35 heavy (non-hydrogen) atoms. The maximum atomic E-state index is 13.0. The third-order valence-electron chi connectivity index (χ3n) is 7.68. The number of rotatable bonds is 4. The lowest BCUT2D eigenvalue weighted by Gasteiger charge is -2.64. The summed E-state index contributed by atoms with van der Waals surface area (Å²) < 4.78 is 29.5. The molecule has 4 atom stereocenters. The van der Waals surface area contributed by atoms with Crippen LogP contribution in [0.5, 0.6) is 5.75 Å². The van der Waals surface area contributed by atoms with Crippen molar-refractivity contribution < 1.29 is 33.1 Å². The Morgan fingerprint density at radius 1 is 1.03 bits per heavy atom. The summed E-state index contributed by atoms with van der Waals surface area (Å²) in [6.45, 7) is 17.4. The van der Waals surface area contributed by atoms with Gasteiger partial charge in [0, 0.05) is 6.32 Å². The molecule has 3 saturated carbocycles. The lowest BCUT2D eigenvalue weighted by atomic mass is 9.43. The topological polar surface area (TPSA) is 80.3 Å². The Labute approximate surface area is 209 Å². The van der Waals surface area contributed by atoms with Crippen LogP contribution < -0.4 is 4.74 Å². The predicted octanol–water partition coefficient (Wildman–Crippen LogP) is 5.77. The minimum absolute atomic E-state index is 0.0357. The molecule has 3 aliphatic carbocycles.